The van der Waals surface area contributed by atoms with Crippen molar-refractivity contribution in [3.63, 3.8) is 0 Å². The number of nitrogens with two attached hydrogens (primary N) is 1. The van der Waals surface area contributed by atoms with Crippen LogP contribution in [0.5, 0.6) is 0 Å². The zero-order valence-corrected chi connectivity index (χ0v) is 14.3. The van der Waals surface area contributed by atoms with Gasteiger partial charge in [-0.05, 0) is 57.1 Å². The Morgan fingerprint density at radius 1 is 1.35 bits per heavy atom. The van der Waals surface area contributed by atoms with Crippen LogP contribution in [0, 0.1) is 5.82 Å². The molecule has 0 aliphatic carbocycles. The molecule has 0 aliphatic heterocycles. The van der Waals surface area contributed by atoms with Gasteiger partial charge in [0.25, 0.3) is 0 Å². The predicted octanol–water partition coefficient (Wildman–Crippen LogP) is 3.08. The fourth-order valence-electron chi connectivity index (χ4n) is 3.01. The van der Waals surface area contributed by atoms with Crippen LogP contribution >= 0.6 is 15.9 Å². The van der Waals surface area contributed by atoms with Crippen molar-refractivity contribution in [2.45, 2.75) is 44.7 Å². The maximum Gasteiger partial charge on any atom is 0.123 e. The highest BCUT2D eigenvalue weighted by molar-refractivity contribution is 9.10. The van der Waals surface area contributed by atoms with E-state index >= 15 is 0 Å². The molecule has 3 N–H and O–H groups in total. The number of hydrazine groups is 1. The SMILES string of the molecule is CCC(CC)(C(Cc1cc(F)ccc1Br)NN)N(C)C. The third-order valence-electron chi connectivity index (χ3n) is 4.40. The normalized spacial score (nSPS) is 13.8. The number of benzene rings is 1. The molecule has 5 heteroatoms. The van der Waals surface area contributed by atoms with Crippen LogP contribution in [-0.4, -0.2) is 30.6 Å². The topological polar surface area (TPSA) is 41.3 Å². The van der Waals surface area contributed by atoms with Crippen LogP contribution in [0.4, 0.5) is 4.39 Å². The molecular weight excluding hydrogens is 321 g/mol. The van der Waals surface area contributed by atoms with Gasteiger partial charge in [0.1, 0.15) is 5.82 Å². The summed E-state index contributed by atoms with van der Waals surface area (Å²) in [5.74, 6) is 5.58. The Labute approximate surface area is 129 Å². The second-order valence-corrected chi connectivity index (χ2v) is 6.22. The number of likely N-dealkylation sites (N-methyl/N-ethyl adjacent to an activating group) is 1. The molecule has 0 amide bonds. The van der Waals surface area contributed by atoms with Gasteiger partial charge < -0.3 is 4.90 Å². The highest BCUT2D eigenvalue weighted by Gasteiger charge is 2.37. The van der Waals surface area contributed by atoms with Gasteiger partial charge in [-0.1, -0.05) is 29.8 Å². The van der Waals surface area contributed by atoms with E-state index < -0.39 is 0 Å². The van der Waals surface area contributed by atoms with Crippen molar-refractivity contribution >= 4 is 15.9 Å². The number of rotatable bonds is 7. The zero-order valence-electron chi connectivity index (χ0n) is 12.7. The largest absolute Gasteiger partial charge is 0.302 e. The Hall–Kier alpha value is -0.490. The van der Waals surface area contributed by atoms with Gasteiger partial charge in [-0.15, -0.1) is 0 Å². The molecule has 0 aromatic heterocycles. The lowest BCUT2D eigenvalue weighted by Gasteiger charge is -2.45. The summed E-state index contributed by atoms with van der Waals surface area (Å²) in [6.07, 6.45) is 2.62. The maximum absolute atomic E-state index is 13.4. The molecular formula is C15H25BrFN3. The van der Waals surface area contributed by atoms with Gasteiger partial charge >= 0.3 is 0 Å². The van der Waals surface area contributed by atoms with E-state index in [0.717, 1.165) is 22.9 Å². The highest BCUT2D eigenvalue weighted by atomic mass is 79.9. The van der Waals surface area contributed by atoms with Crippen LogP contribution < -0.4 is 11.3 Å². The molecule has 0 aliphatic rings. The van der Waals surface area contributed by atoms with E-state index in [0.29, 0.717) is 6.42 Å². The number of halogens is 2. The summed E-state index contributed by atoms with van der Waals surface area (Å²) in [6.45, 7) is 4.32. The Morgan fingerprint density at radius 3 is 2.40 bits per heavy atom. The van der Waals surface area contributed by atoms with E-state index in [9.17, 15) is 4.39 Å². The van der Waals surface area contributed by atoms with Gasteiger partial charge in [0, 0.05) is 16.1 Å². The van der Waals surface area contributed by atoms with Gasteiger partial charge in [-0.25, -0.2) is 4.39 Å². The molecule has 1 aromatic carbocycles. The summed E-state index contributed by atoms with van der Waals surface area (Å²) < 4.78 is 14.4. The molecule has 0 saturated heterocycles. The van der Waals surface area contributed by atoms with Crippen molar-refractivity contribution in [3.05, 3.63) is 34.1 Å². The fourth-order valence-corrected chi connectivity index (χ4v) is 3.42. The number of hydrogen-bond acceptors (Lipinski definition) is 3. The van der Waals surface area contributed by atoms with E-state index in [-0.39, 0.29) is 17.4 Å². The quantitative estimate of drug-likeness (QED) is 0.589. The molecule has 0 heterocycles. The average molecular weight is 346 g/mol. The monoisotopic (exact) mass is 345 g/mol. The summed E-state index contributed by atoms with van der Waals surface area (Å²) in [4.78, 5) is 2.21. The van der Waals surface area contributed by atoms with Crippen molar-refractivity contribution in [2.75, 3.05) is 14.1 Å². The fraction of sp³-hybridized carbons (Fsp3) is 0.600. The van der Waals surface area contributed by atoms with Crippen LogP contribution in [0.25, 0.3) is 0 Å². The van der Waals surface area contributed by atoms with Gasteiger partial charge in [0.2, 0.25) is 0 Å². The Bertz CT molecular complexity index is 433. The first-order valence-electron chi connectivity index (χ1n) is 6.98. The minimum absolute atomic E-state index is 0.0469. The first kappa shape index (κ1) is 17.6. The first-order chi connectivity index (χ1) is 9.41. The summed E-state index contributed by atoms with van der Waals surface area (Å²) >= 11 is 3.49. The molecule has 1 rings (SSSR count). The van der Waals surface area contributed by atoms with Gasteiger partial charge in [-0.2, -0.15) is 0 Å². The Balaban J connectivity index is 3.09. The van der Waals surface area contributed by atoms with E-state index in [2.05, 4.69) is 54.2 Å². The lowest BCUT2D eigenvalue weighted by molar-refractivity contribution is 0.0881. The minimum Gasteiger partial charge on any atom is -0.302 e. The van der Waals surface area contributed by atoms with Crippen LogP contribution in [0.2, 0.25) is 0 Å². The van der Waals surface area contributed by atoms with E-state index in [1.807, 2.05) is 0 Å². The maximum atomic E-state index is 13.4. The molecule has 0 bridgehead atoms. The summed E-state index contributed by atoms with van der Waals surface area (Å²) in [6, 6.07) is 4.82. The number of nitrogens with one attached hydrogen (secondary N) is 1. The molecule has 0 radical (unpaired) electrons. The number of nitrogens with zero attached hydrogens (tertiary/aromatic N) is 1. The standard InChI is InChI=1S/C15H25BrFN3/c1-5-15(6-2,20(3)4)14(19-18)10-11-9-12(17)7-8-13(11)16/h7-9,14,19H,5-6,10,18H2,1-4H3. The molecule has 0 saturated carbocycles. The average Bonchev–Trinajstić information content (AvgIpc) is 2.42. The second kappa shape index (κ2) is 7.50. The van der Waals surface area contributed by atoms with Crippen molar-refractivity contribution in [1.82, 2.24) is 10.3 Å². The molecule has 20 heavy (non-hydrogen) atoms. The van der Waals surface area contributed by atoms with Crippen LogP contribution in [-0.2, 0) is 6.42 Å². The molecule has 3 nitrogen and oxygen atoms in total. The predicted molar refractivity (Wildman–Crippen MR) is 85.9 cm³/mol. The van der Waals surface area contributed by atoms with Crippen molar-refractivity contribution in [3.8, 4) is 0 Å². The smallest absolute Gasteiger partial charge is 0.123 e. The second-order valence-electron chi connectivity index (χ2n) is 5.36. The molecule has 1 unspecified atom stereocenters. The van der Waals surface area contributed by atoms with Crippen molar-refractivity contribution in [2.24, 2.45) is 5.84 Å². The third-order valence-corrected chi connectivity index (χ3v) is 5.17. The molecule has 114 valence electrons. The van der Waals surface area contributed by atoms with Gasteiger partial charge in [0.15, 0.2) is 0 Å². The lowest BCUT2D eigenvalue weighted by atomic mass is 9.80. The molecule has 1 atom stereocenters. The van der Waals surface area contributed by atoms with Crippen molar-refractivity contribution < 1.29 is 4.39 Å². The summed E-state index contributed by atoms with van der Waals surface area (Å²) in [5, 5.41) is 0. The zero-order chi connectivity index (χ0) is 15.3. The van der Waals surface area contributed by atoms with Gasteiger partial charge in [0.05, 0.1) is 0 Å². The Morgan fingerprint density at radius 2 is 1.95 bits per heavy atom. The Kier molecular flexibility index (Phi) is 6.58. The summed E-state index contributed by atoms with van der Waals surface area (Å²) in [5.41, 5.74) is 3.81. The third kappa shape index (κ3) is 3.58. The van der Waals surface area contributed by atoms with Crippen LogP contribution in [0.1, 0.15) is 32.3 Å². The van der Waals surface area contributed by atoms with E-state index in [4.69, 9.17) is 5.84 Å². The molecule has 1 aromatic rings. The van der Waals surface area contributed by atoms with E-state index in [1.165, 1.54) is 6.07 Å². The molecule has 0 fully saturated rings. The van der Waals surface area contributed by atoms with Crippen LogP contribution in [0.15, 0.2) is 22.7 Å². The summed E-state index contributed by atoms with van der Waals surface area (Å²) in [7, 11) is 4.13. The van der Waals surface area contributed by atoms with E-state index in [1.54, 1.807) is 12.1 Å². The number of hydrogen-bond donors (Lipinski definition) is 2. The highest BCUT2D eigenvalue weighted by Crippen LogP contribution is 2.29. The van der Waals surface area contributed by atoms with Gasteiger partial charge in [-0.3, -0.25) is 11.3 Å². The molecule has 0 spiro atoms. The van der Waals surface area contributed by atoms with Crippen LogP contribution in [0.3, 0.4) is 0 Å². The van der Waals surface area contributed by atoms with Crippen molar-refractivity contribution in [1.29, 1.82) is 0 Å². The minimum atomic E-state index is -0.220. The lowest BCUT2D eigenvalue weighted by Crippen LogP contribution is -2.61. The first-order valence-corrected chi connectivity index (χ1v) is 7.78.